The van der Waals surface area contributed by atoms with Gasteiger partial charge in [0, 0.05) is 0 Å². The Hall–Kier alpha value is -9.78. The van der Waals surface area contributed by atoms with Gasteiger partial charge >= 0.3 is 12.4 Å². The van der Waals surface area contributed by atoms with Crippen LogP contribution in [0.5, 0.6) is 0 Å². The number of alkyl halides is 6. The molecule has 0 bridgehead atoms. The van der Waals surface area contributed by atoms with Crippen molar-refractivity contribution in [2.75, 3.05) is 0 Å². The molecular formula is C76H50F6. The van der Waals surface area contributed by atoms with E-state index in [4.69, 9.17) is 0 Å². The molecule has 2 atom stereocenters. The van der Waals surface area contributed by atoms with Gasteiger partial charge < -0.3 is 0 Å². The summed E-state index contributed by atoms with van der Waals surface area (Å²) in [7, 11) is 0. The highest BCUT2D eigenvalue weighted by Gasteiger charge is 2.59. The largest absolute Gasteiger partial charge is 0.396 e. The molecular weight excluding hydrogens is 1030 g/mol. The summed E-state index contributed by atoms with van der Waals surface area (Å²) in [5.74, 6) is -5.94. The number of benzene rings is 12. The average Bonchev–Trinajstić information content (AvgIpc) is 1.10. The molecule has 2 unspecified atom stereocenters. The van der Waals surface area contributed by atoms with Crippen LogP contribution in [0.25, 0.3) is 122 Å². The van der Waals surface area contributed by atoms with Gasteiger partial charge in [0.25, 0.3) is 0 Å². The Balaban J connectivity index is 1.14. The molecule has 0 heterocycles. The highest BCUT2D eigenvalue weighted by molar-refractivity contribution is 5.98. The number of fused-ring (bicyclic) bond motifs is 3. The van der Waals surface area contributed by atoms with E-state index >= 15 is 26.3 Å². The van der Waals surface area contributed by atoms with E-state index in [0.717, 1.165) is 66.8 Å². The molecule has 6 heteroatoms. The fourth-order valence-corrected chi connectivity index (χ4v) is 12.0. The van der Waals surface area contributed by atoms with Gasteiger partial charge in [-0.3, -0.25) is 0 Å². The maximum absolute atomic E-state index is 16.6. The first-order chi connectivity index (χ1) is 39.9. The van der Waals surface area contributed by atoms with E-state index in [1.807, 2.05) is 267 Å². The maximum Gasteiger partial charge on any atom is 0.396 e. The van der Waals surface area contributed by atoms with Gasteiger partial charge in [-0.05, 0) is 206 Å². The minimum absolute atomic E-state index is 0.0826. The standard InChI is InChI=1S/C76H50F6/c77-75(78,79)73-71-47-67(63-41-59(51-25-11-3-12-26-51)39-60(42-63)52-27-13-4-14-28-52)65(57-35-19-33-55(37-57)49-21-7-1-8-22-49)45-69(71)70-46-66(58-36-20-34-56(38-58)50-23-9-2-10-24-50)68(48-72(70)74(73)76(80,81)82)64-43-61(53-29-15-5-16-30-53)40-62(44-64)54-31-17-6-18-32-54/h1-48,73-74H. The molecule has 396 valence electrons. The Labute approximate surface area is 473 Å². The zero-order valence-electron chi connectivity index (χ0n) is 44.1. The van der Waals surface area contributed by atoms with Crippen molar-refractivity contribution in [3.8, 4) is 122 Å². The van der Waals surface area contributed by atoms with Crippen molar-refractivity contribution in [1.82, 2.24) is 0 Å². The Morgan fingerprint density at radius 1 is 0.171 bits per heavy atom. The second-order valence-electron chi connectivity index (χ2n) is 21.0. The van der Waals surface area contributed by atoms with Gasteiger partial charge in [0.05, 0.1) is 11.8 Å². The van der Waals surface area contributed by atoms with Gasteiger partial charge in [0.1, 0.15) is 0 Å². The lowest BCUT2D eigenvalue weighted by Gasteiger charge is -2.39. The van der Waals surface area contributed by atoms with Crippen LogP contribution in [0.15, 0.2) is 291 Å². The van der Waals surface area contributed by atoms with Crippen LogP contribution in [-0.2, 0) is 0 Å². The van der Waals surface area contributed by atoms with E-state index in [1.54, 1.807) is 12.1 Å². The lowest BCUT2D eigenvalue weighted by atomic mass is 9.68. The molecule has 0 amide bonds. The van der Waals surface area contributed by atoms with Crippen molar-refractivity contribution in [2.24, 2.45) is 0 Å². The second kappa shape index (κ2) is 21.4. The molecule has 0 spiro atoms. The molecule has 12 aromatic rings. The summed E-state index contributed by atoms with van der Waals surface area (Å²) < 4.78 is 99.7. The van der Waals surface area contributed by atoms with Crippen LogP contribution in [0, 0.1) is 0 Å². The first kappa shape index (κ1) is 51.6. The average molecular weight is 1080 g/mol. The minimum atomic E-state index is -5.35. The maximum atomic E-state index is 16.6. The van der Waals surface area contributed by atoms with E-state index in [1.165, 1.54) is 12.1 Å². The Morgan fingerprint density at radius 2 is 0.378 bits per heavy atom. The highest BCUT2D eigenvalue weighted by atomic mass is 19.4. The van der Waals surface area contributed by atoms with E-state index < -0.39 is 35.3 Å². The quantitative estimate of drug-likeness (QED) is 0.120. The third-order valence-corrected chi connectivity index (χ3v) is 15.9. The van der Waals surface area contributed by atoms with Gasteiger partial charge in [-0.15, -0.1) is 0 Å². The van der Waals surface area contributed by atoms with Crippen molar-refractivity contribution in [1.29, 1.82) is 0 Å². The van der Waals surface area contributed by atoms with Crippen LogP contribution in [0.3, 0.4) is 0 Å². The molecule has 0 N–H and O–H groups in total. The normalized spacial score (nSPS) is 14.0. The number of hydrogen-bond acceptors (Lipinski definition) is 0. The number of halogens is 6. The van der Waals surface area contributed by atoms with Crippen LogP contribution >= 0.6 is 0 Å². The van der Waals surface area contributed by atoms with Crippen molar-refractivity contribution < 1.29 is 26.3 Å². The van der Waals surface area contributed by atoms with Gasteiger partial charge in [-0.2, -0.15) is 26.3 Å². The van der Waals surface area contributed by atoms with Crippen LogP contribution in [0.1, 0.15) is 23.0 Å². The van der Waals surface area contributed by atoms with Gasteiger partial charge in [-0.1, -0.05) is 218 Å². The molecule has 0 radical (unpaired) electrons. The van der Waals surface area contributed by atoms with Crippen molar-refractivity contribution in [2.45, 2.75) is 24.2 Å². The van der Waals surface area contributed by atoms with Gasteiger partial charge in [-0.25, -0.2) is 0 Å². The zero-order valence-corrected chi connectivity index (χ0v) is 44.1. The number of rotatable bonds is 10. The number of hydrogen-bond donors (Lipinski definition) is 0. The Bertz CT molecular complexity index is 3870. The smallest absolute Gasteiger partial charge is 0.170 e. The second-order valence-corrected chi connectivity index (χ2v) is 21.0. The van der Waals surface area contributed by atoms with Crippen LogP contribution in [0.4, 0.5) is 26.3 Å². The molecule has 0 saturated heterocycles. The molecule has 1 aliphatic rings. The summed E-state index contributed by atoms with van der Waals surface area (Å²) in [5, 5.41) is 0. The molecule has 0 nitrogen and oxygen atoms in total. The summed E-state index contributed by atoms with van der Waals surface area (Å²) in [6, 6.07) is 92.2. The molecule has 12 aromatic carbocycles. The summed E-state index contributed by atoms with van der Waals surface area (Å²) in [6.45, 7) is 0. The zero-order chi connectivity index (χ0) is 56.0. The first-order valence-electron chi connectivity index (χ1n) is 27.3. The highest BCUT2D eigenvalue weighted by Crippen LogP contribution is 2.61. The molecule has 0 aliphatic heterocycles. The molecule has 1 aliphatic carbocycles. The predicted molar refractivity (Wildman–Crippen MR) is 324 cm³/mol. The van der Waals surface area contributed by atoms with E-state index in [0.29, 0.717) is 44.5 Å². The lowest BCUT2D eigenvalue weighted by Crippen LogP contribution is -2.38. The summed E-state index contributed by atoms with van der Waals surface area (Å²) >= 11 is 0. The Morgan fingerprint density at radius 3 is 0.646 bits per heavy atom. The third kappa shape index (κ3) is 10.1. The summed E-state index contributed by atoms with van der Waals surface area (Å²) in [4.78, 5) is 0. The van der Waals surface area contributed by atoms with Crippen molar-refractivity contribution >= 4 is 0 Å². The summed E-state index contributed by atoms with van der Waals surface area (Å²) in [5.41, 5.74) is 13.9. The van der Waals surface area contributed by atoms with Crippen LogP contribution < -0.4 is 0 Å². The topological polar surface area (TPSA) is 0 Å². The van der Waals surface area contributed by atoms with Crippen molar-refractivity contribution in [3.63, 3.8) is 0 Å². The van der Waals surface area contributed by atoms with Crippen LogP contribution in [0.2, 0.25) is 0 Å². The van der Waals surface area contributed by atoms with E-state index in [9.17, 15) is 0 Å². The Kier molecular flexibility index (Phi) is 13.5. The van der Waals surface area contributed by atoms with Gasteiger partial charge in [0.15, 0.2) is 0 Å². The fraction of sp³-hybridized carbons (Fsp3) is 0.0526. The monoisotopic (exact) mass is 1080 g/mol. The fourth-order valence-electron chi connectivity index (χ4n) is 12.0. The van der Waals surface area contributed by atoms with E-state index in [-0.39, 0.29) is 11.1 Å². The van der Waals surface area contributed by atoms with Gasteiger partial charge in [0.2, 0.25) is 0 Å². The lowest BCUT2D eigenvalue weighted by molar-refractivity contribution is -0.211. The molecule has 0 fully saturated rings. The summed E-state index contributed by atoms with van der Waals surface area (Å²) in [6.07, 6.45) is -10.7. The van der Waals surface area contributed by atoms with Crippen molar-refractivity contribution in [3.05, 3.63) is 302 Å². The molecule has 0 saturated carbocycles. The minimum Gasteiger partial charge on any atom is -0.170 e. The molecule has 13 rings (SSSR count). The first-order valence-corrected chi connectivity index (χ1v) is 27.3. The predicted octanol–water partition coefficient (Wildman–Crippen LogP) is 22.3. The third-order valence-electron chi connectivity index (χ3n) is 15.9. The van der Waals surface area contributed by atoms with E-state index in [2.05, 4.69) is 0 Å². The molecule has 0 aromatic heterocycles. The SMILES string of the molecule is FC(F)(F)C1c2cc(-c3cc(-c4ccccc4)cc(-c4ccccc4)c3)c(-c3cccc(-c4ccccc4)c3)cc2-c2cc(-c3cccc(-c4ccccc4)c3)c(-c3cc(-c4ccccc4)cc(-c4ccccc4)c3)cc2C1C(F)(F)F. The molecule has 82 heavy (non-hydrogen) atoms. The van der Waals surface area contributed by atoms with Crippen LogP contribution in [-0.4, -0.2) is 12.4 Å².